The summed E-state index contributed by atoms with van der Waals surface area (Å²) in [6.45, 7) is 9.36. The fourth-order valence-electron chi connectivity index (χ4n) is 6.29. The van der Waals surface area contributed by atoms with Crippen LogP contribution >= 0.6 is 0 Å². The zero-order valence-corrected chi connectivity index (χ0v) is 20.5. The number of allylic oxidation sites excluding steroid dienone is 11. The second-order valence-electron chi connectivity index (χ2n) is 10.4. The van der Waals surface area contributed by atoms with E-state index in [2.05, 4.69) is 45.9 Å². The molecule has 0 amide bonds. The lowest BCUT2D eigenvalue weighted by molar-refractivity contribution is -0.0942. The topological polar surface area (TPSA) is 26.0 Å². The third-order valence-corrected chi connectivity index (χ3v) is 8.30. The molecule has 0 fully saturated rings. The van der Waals surface area contributed by atoms with Gasteiger partial charge in [0.25, 0.3) is 0 Å². The summed E-state index contributed by atoms with van der Waals surface area (Å²) in [7, 11) is 0. The normalized spacial score (nSPS) is 29.0. The van der Waals surface area contributed by atoms with Gasteiger partial charge in [-0.25, -0.2) is 0 Å². The van der Waals surface area contributed by atoms with Crippen LogP contribution in [0.2, 0.25) is 0 Å². The molecule has 0 aromatic carbocycles. The lowest BCUT2D eigenvalue weighted by Gasteiger charge is -2.42. The van der Waals surface area contributed by atoms with Gasteiger partial charge in [-0.1, -0.05) is 56.2 Å². The first-order valence-electron chi connectivity index (χ1n) is 12.7. The van der Waals surface area contributed by atoms with Crippen LogP contribution in [0.5, 0.6) is 0 Å². The Morgan fingerprint density at radius 3 is 2.30 bits per heavy atom. The number of rotatable bonds is 5. The molecular weight excluding hydrogens is 419 g/mol. The highest BCUT2D eigenvalue weighted by molar-refractivity contribution is 5.59. The molecule has 0 heterocycles. The Morgan fingerprint density at radius 2 is 1.67 bits per heavy atom. The van der Waals surface area contributed by atoms with Crippen molar-refractivity contribution in [2.75, 3.05) is 6.54 Å². The highest BCUT2D eigenvalue weighted by atomic mass is 19.4. The number of hydrogen-bond acceptors (Lipinski definition) is 1. The summed E-state index contributed by atoms with van der Waals surface area (Å²) in [4.78, 5) is 0. The predicted molar refractivity (Wildman–Crippen MR) is 130 cm³/mol. The van der Waals surface area contributed by atoms with Crippen molar-refractivity contribution in [3.05, 3.63) is 68.9 Å². The lowest BCUT2D eigenvalue weighted by Crippen LogP contribution is -2.31. The molecule has 4 aliphatic carbocycles. The summed E-state index contributed by atoms with van der Waals surface area (Å²) in [5.41, 5.74) is 14.6. The maximum atomic E-state index is 13.7. The molecule has 33 heavy (non-hydrogen) atoms. The maximum Gasteiger partial charge on any atom is 0.412 e. The average molecular weight is 458 g/mol. The molecule has 4 heteroatoms. The van der Waals surface area contributed by atoms with Gasteiger partial charge in [0, 0.05) is 11.5 Å². The Labute approximate surface area is 197 Å². The van der Waals surface area contributed by atoms with Crippen molar-refractivity contribution in [3.8, 4) is 0 Å². The highest BCUT2D eigenvalue weighted by Crippen LogP contribution is 2.53. The maximum absolute atomic E-state index is 13.7. The first kappa shape index (κ1) is 24.3. The largest absolute Gasteiger partial charge is 0.412 e. The molecule has 0 aliphatic heterocycles. The van der Waals surface area contributed by atoms with Crippen LogP contribution in [-0.4, -0.2) is 12.7 Å². The Morgan fingerprint density at radius 1 is 0.970 bits per heavy atom. The first-order chi connectivity index (χ1) is 15.7. The molecule has 0 spiro atoms. The standard InChI is InChI=1S/C29H38F3N/c1-5-19-12-20(18(4)16-33)14-21(13-19)28-23(6-2)26-15-22(29(30,31)32)8-10-24(26)25-9-7-17(3)11-27(25)28/h11,13-15,18-19,23,28H,5-10,12,16,33H2,1-4H3. The lowest BCUT2D eigenvalue weighted by atomic mass is 9.62. The van der Waals surface area contributed by atoms with Gasteiger partial charge in [0.1, 0.15) is 0 Å². The van der Waals surface area contributed by atoms with E-state index in [-0.39, 0.29) is 23.8 Å². The minimum atomic E-state index is -4.24. The van der Waals surface area contributed by atoms with E-state index < -0.39 is 6.18 Å². The summed E-state index contributed by atoms with van der Waals surface area (Å²) in [6, 6.07) is 0. The molecule has 0 saturated heterocycles. The summed E-state index contributed by atoms with van der Waals surface area (Å²) < 4.78 is 41.1. The van der Waals surface area contributed by atoms with Crippen molar-refractivity contribution in [1.29, 1.82) is 0 Å². The van der Waals surface area contributed by atoms with Crippen LogP contribution in [0.4, 0.5) is 13.2 Å². The summed E-state index contributed by atoms with van der Waals surface area (Å²) in [6.07, 6.45) is 9.88. The number of halogens is 3. The zero-order valence-electron chi connectivity index (χ0n) is 20.5. The molecule has 4 rings (SSSR count). The van der Waals surface area contributed by atoms with Gasteiger partial charge in [0.05, 0.1) is 0 Å². The van der Waals surface area contributed by atoms with Gasteiger partial charge >= 0.3 is 6.18 Å². The fraction of sp³-hybridized carbons (Fsp3) is 0.586. The van der Waals surface area contributed by atoms with E-state index in [0.717, 1.165) is 37.7 Å². The quantitative estimate of drug-likeness (QED) is 0.443. The van der Waals surface area contributed by atoms with Gasteiger partial charge in [-0.3, -0.25) is 0 Å². The predicted octanol–water partition coefficient (Wildman–Crippen LogP) is 8.14. The molecule has 4 unspecified atom stereocenters. The molecule has 0 saturated carbocycles. The second-order valence-corrected chi connectivity index (χ2v) is 10.4. The molecular formula is C29H38F3N. The van der Waals surface area contributed by atoms with Gasteiger partial charge in [0.2, 0.25) is 0 Å². The summed E-state index contributed by atoms with van der Waals surface area (Å²) in [5.74, 6) is 0.986. The number of alkyl halides is 3. The van der Waals surface area contributed by atoms with Crippen molar-refractivity contribution in [3.63, 3.8) is 0 Å². The van der Waals surface area contributed by atoms with Crippen LogP contribution in [-0.2, 0) is 0 Å². The minimum Gasteiger partial charge on any atom is -0.330 e. The molecule has 180 valence electrons. The van der Waals surface area contributed by atoms with Gasteiger partial charge in [-0.15, -0.1) is 0 Å². The van der Waals surface area contributed by atoms with Crippen molar-refractivity contribution in [1.82, 2.24) is 0 Å². The smallest absolute Gasteiger partial charge is 0.330 e. The van der Waals surface area contributed by atoms with E-state index in [1.165, 1.54) is 39.5 Å². The molecule has 4 atom stereocenters. The average Bonchev–Trinajstić information content (AvgIpc) is 2.80. The van der Waals surface area contributed by atoms with Gasteiger partial charge in [-0.2, -0.15) is 13.2 Å². The van der Waals surface area contributed by atoms with E-state index in [1.807, 2.05) is 0 Å². The van der Waals surface area contributed by atoms with Crippen molar-refractivity contribution >= 4 is 0 Å². The molecule has 1 nitrogen and oxygen atoms in total. The molecule has 4 aliphatic rings. The van der Waals surface area contributed by atoms with E-state index >= 15 is 0 Å². The highest BCUT2D eigenvalue weighted by Gasteiger charge is 2.42. The summed E-state index contributed by atoms with van der Waals surface area (Å²) in [5, 5.41) is 0. The third kappa shape index (κ3) is 4.60. The number of hydrogen-bond donors (Lipinski definition) is 1. The van der Waals surface area contributed by atoms with E-state index in [0.29, 0.717) is 24.8 Å². The molecule has 0 aromatic rings. The van der Waals surface area contributed by atoms with Gasteiger partial charge < -0.3 is 5.73 Å². The minimum absolute atomic E-state index is 0.0751. The van der Waals surface area contributed by atoms with Gasteiger partial charge in [0.15, 0.2) is 0 Å². The van der Waals surface area contributed by atoms with Crippen molar-refractivity contribution in [2.24, 2.45) is 29.4 Å². The number of nitrogens with two attached hydrogens (primary N) is 1. The number of fused-ring (bicyclic) bond motifs is 1. The molecule has 2 N–H and O–H groups in total. The third-order valence-electron chi connectivity index (χ3n) is 8.30. The van der Waals surface area contributed by atoms with Crippen LogP contribution in [0.25, 0.3) is 0 Å². The summed E-state index contributed by atoms with van der Waals surface area (Å²) >= 11 is 0. The van der Waals surface area contributed by atoms with Gasteiger partial charge in [-0.05, 0) is 104 Å². The Kier molecular flexibility index (Phi) is 6.96. The molecule has 0 bridgehead atoms. The molecule has 0 radical (unpaired) electrons. The van der Waals surface area contributed by atoms with Crippen molar-refractivity contribution in [2.45, 2.75) is 78.8 Å². The van der Waals surface area contributed by atoms with Crippen LogP contribution in [0.1, 0.15) is 72.6 Å². The van der Waals surface area contributed by atoms with Crippen LogP contribution in [0.15, 0.2) is 68.9 Å². The molecule has 0 aromatic heterocycles. The van der Waals surface area contributed by atoms with E-state index in [4.69, 9.17) is 5.73 Å². The van der Waals surface area contributed by atoms with Crippen LogP contribution < -0.4 is 5.73 Å². The first-order valence-corrected chi connectivity index (χ1v) is 12.7. The van der Waals surface area contributed by atoms with E-state index in [9.17, 15) is 13.2 Å². The Hall–Kier alpha value is -1.81. The van der Waals surface area contributed by atoms with Crippen LogP contribution in [0, 0.1) is 23.7 Å². The van der Waals surface area contributed by atoms with Crippen LogP contribution in [0.3, 0.4) is 0 Å². The fourth-order valence-corrected chi connectivity index (χ4v) is 6.29. The SMILES string of the molecule is CCC1C=C(C2C3=C(CCC(C)=C3)C3=C(C=C(C(F)(F)F)CC3)C2CC)C=C(C(C)CN)C1. The Bertz CT molecular complexity index is 983. The Balaban J connectivity index is 1.89. The van der Waals surface area contributed by atoms with E-state index in [1.54, 1.807) is 0 Å². The second kappa shape index (κ2) is 9.44. The van der Waals surface area contributed by atoms with Crippen molar-refractivity contribution < 1.29 is 13.2 Å². The monoisotopic (exact) mass is 457 g/mol. The zero-order chi connectivity index (χ0) is 23.9.